The van der Waals surface area contributed by atoms with Crippen molar-refractivity contribution in [2.75, 3.05) is 6.61 Å². The van der Waals surface area contributed by atoms with Crippen LogP contribution in [0.2, 0.25) is 0 Å². The van der Waals surface area contributed by atoms with Crippen molar-refractivity contribution in [1.29, 1.82) is 0 Å². The zero-order valence-corrected chi connectivity index (χ0v) is 11.5. The Labute approximate surface area is 118 Å². The summed E-state index contributed by atoms with van der Waals surface area (Å²) in [6.07, 6.45) is 1.56. The lowest BCUT2D eigenvalue weighted by Gasteiger charge is -2.25. The Bertz CT molecular complexity index is 521. The molecule has 0 aliphatic carbocycles. The molecule has 1 aromatic rings. The van der Waals surface area contributed by atoms with Gasteiger partial charge in [0, 0.05) is 0 Å². The Balaban J connectivity index is 1.66. The third kappa shape index (κ3) is 2.56. The third-order valence-corrected chi connectivity index (χ3v) is 3.75. The van der Waals surface area contributed by atoms with Gasteiger partial charge >= 0.3 is 5.97 Å². The molecule has 2 aliphatic heterocycles. The lowest BCUT2D eigenvalue weighted by atomic mass is 9.93. The van der Waals surface area contributed by atoms with Crippen molar-refractivity contribution in [1.82, 2.24) is 0 Å². The molecule has 1 fully saturated rings. The number of carbonyl (C=O) groups is 1. The predicted octanol–water partition coefficient (Wildman–Crippen LogP) is 2.79. The van der Waals surface area contributed by atoms with Crippen LogP contribution in [0.25, 0.3) is 0 Å². The minimum atomic E-state index is -0.303. The molecule has 0 spiro atoms. The molecule has 0 bridgehead atoms. The smallest absolute Gasteiger partial charge is 0.338 e. The Kier molecular flexibility index (Phi) is 3.74. The molecule has 0 unspecified atom stereocenters. The van der Waals surface area contributed by atoms with E-state index in [0.29, 0.717) is 17.9 Å². The Morgan fingerprint density at radius 2 is 2.15 bits per heavy atom. The van der Waals surface area contributed by atoms with E-state index in [-0.39, 0.29) is 24.8 Å². The van der Waals surface area contributed by atoms with Crippen LogP contribution in [0.15, 0.2) is 41.7 Å². The van der Waals surface area contributed by atoms with Crippen molar-refractivity contribution in [3.8, 4) is 0 Å². The van der Waals surface area contributed by atoms with Crippen LogP contribution in [0, 0.1) is 5.92 Å². The van der Waals surface area contributed by atoms with Gasteiger partial charge in [0.1, 0.15) is 12.4 Å². The van der Waals surface area contributed by atoms with Crippen molar-refractivity contribution in [3.05, 3.63) is 47.2 Å². The number of hydrogen-bond acceptors (Lipinski definition) is 4. The number of hydrogen-bond donors (Lipinski definition) is 0. The highest BCUT2D eigenvalue weighted by Crippen LogP contribution is 2.38. The number of ether oxygens (including phenoxy) is 3. The lowest BCUT2D eigenvalue weighted by Crippen LogP contribution is -2.30. The molecule has 2 atom stereocenters. The van der Waals surface area contributed by atoms with E-state index >= 15 is 0 Å². The van der Waals surface area contributed by atoms with Gasteiger partial charge in [0.15, 0.2) is 0 Å². The Morgan fingerprint density at radius 1 is 1.35 bits per heavy atom. The number of carbonyl (C=O) groups excluding carboxylic acids is 1. The van der Waals surface area contributed by atoms with Crippen LogP contribution in [0.4, 0.5) is 0 Å². The van der Waals surface area contributed by atoms with Crippen molar-refractivity contribution >= 4 is 5.97 Å². The first kappa shape index (κ1) is 13.2. The maximum atomic E-state index is 12.3. The number of rotatable bonds is 3. The molecule has 0 saturated carbocycles. The molecule has 3 rings (SSSR count). The maximum Gasteiger partial charge on any atom is 0.338 e. The van der Waals surface area contributed by atoms with E-state index < -0.39 is 0 Å². The summed E-state index contributed by atoms with van der Waals surface area (Å²) in [4.78, 5) is 12.3. The van der Waals surface area contributed by atoms with Crippen LogP contribution in [-0.2, 0) is 25.6 Å². The number of esters is 1. The van der Waals surface area contributed by atoms with Crippen LogP contribution in [0.5, 0.6) is 0 Å². The molecule has 0 N–H and O–H groups in total. The van der Waals surface area contributed by atoms with E-state index in [0.717, 1.165) is 18.4 Å². The minimum Gasteiger partial charge on any atom is -0.468 e. The predicted molar refractivity (Wildman–Crippen MR) is 72.5 cm³/mol. The van der Waals surface area contributed by atoms with E-state index in [1.807, 2.05) is 30.3 Å². The second-order valence-electron chi connectivity index (χ2n) is 5.14. The Hall–Kier alpha value is -1.81. The van der Waals surface area contributed by atoms with Gasteiger partial charge in [-0.25, -0.2) is 4.79 Å². The molecule has 1 aromatic carbocycles. The second kappa shape index (κ2) is 5.67. The largest absolute Gasteiger partial charge is 0.468 e. The summed E-state index contributed by atoms with van der Waals surface area (Å²) >= 11 is 0. The average molecular weight is 274 g/mol. The van der Waals surface area contributed by atoms with Gasteiger partial charge < -0.3 is 14.2 Å². The number of benzene rings is 1. The molecule has 20 heavy (non-hydrogen) atoms. The average Bonchev–Trinajstić information content (AvgIpc) is 2.82. The van der Waals surface area contributed by atoms with Gasteiger partial charge in [0.05, 0.1) is 18.1 Å². The summed E-state index contributed by atoms with van der Waals surface area (Å²) in [5.41, 5.74) is 1.63. The van der Waals surface area contributed by atoms with Gasteiger partial charge in [0.25, 0.3) is 0 Å². The summed E-state index contributed by atoms with van der Waals surface area (Å²) in [5, 5.41) is 0. The van der Waals surface area contributed by atoms with E-state index in [1.165, 1.54) is 0 Å². The van der Waals surface area contributed by atoms with Crippen LogP contribution in [0.3, 0.4) is 0 Å². The van der Waals surface area contributed by atoms with Gasteiger partial charge in [-0.2, -0.15) is 0 Å². The molecule has 4 heteroatoms. The maximum absolute atomic E-state index is 12.3. The van der Waals surface area contributed by atoms with Crippen molar-refractivity contribution in [3.63, 3.8) is 0 Å². The quantitative estimate of drug-likeness (QED) is 0.795. The van der Waals surface area contributed by atoms with Crippen molar-refractivity contribution in [2.45, 2.75) is 32.7 Å². The van der Waals surface area contributed by atoms with E-state index in [1.54, 1.807) is 6.92 Å². The fourth-order valence-corrected chi connectivity index (χ4v) is 2.75. The first-order valence-corrected chi connectivity index (χ1v) is 6.96. The van der Waals surface area contributed by atoms with E-state index in [4.69, 9.17) is 14.2 Å². The first-order chi connectivity index (χ1) is 9.75. The highest BCUT2D eigenvalue weighted by atomic mass is 16.7. The fourth-order valence-electron chi connectivity index (χ4n) is 2.75. The molecular weight excluding hydrogens is 256 g/mol. The van der Waals surface area contributed by atoms with E-state index in [9.17, 15) is 4.79 Å². The van der Waals surface area contributed by atoms with Crippen molar-refractivity contribution < 1.29 is 19.0 Å². The van der Waals surface area contributed by atoms with Gasteiger partial charge in [0.2, 0.25) is 6.29 Å². The van der Waals surface area contributed by atoms with Gasteiger partial charge in [-0.1, -0.05) is 30.3 Å². The SMILES string of the molecule is CC1=C(C(=O)OCc2ccccc2)[C@@H]2CCCO[C@@H]2O1. The zero-order chi connectivity index (χ0) is 13.9. The molecule has 2 aliphatic rings. The topological polar surface area (TPSA) is 44.8 Å². The fraction of sp³-hybridized carbons (Fsp3) is 0.438. The standard InChI is InChI=1S/C16H18O4/c1-11-14(13-8-5-9-18-16(13)20-11)15(17)19-10-12-6-3-2-4-7-12/h2-4,6-7,13,16H,5,8-10H2,1H3/t13-,16+/m0/s1. The monoisotopic (exact) mass is 274 g/mol. The molecule has 0 amide bonds. The molecule has 1 saturated heterocycles. The zero-order valence-electron chi connectivity index (χ0n) is 11.5. The summed E-state index contributed by atoms with van der Waals surface area (Å²) in [7, 11) is 0. The van der Waals surface area contributed by atoms with Crippen LogP contribution >= 0.6 is 0 Å². The molecule has 0 radical (unpaired) electrons. The van der Waals surface area contributed by atoms with Crippen LogP contribution in [-0.4, -0.2) is 18.9 Å². The summed E-state index contributed by atoms with van der Waals surface area (Å²) in [6, 6.07) is 9.67. The van der Waals surface area contributed by atoms with Gasteiger partial charge in [-0.05, 0) is 25.3 Å². The molecular formula is C16H18O4. The second-order valence-corrected chi connectivity index (χ2v) is 5.14. The van der Waals surface area contributed by atoms with E-state index in [2.05, 4.69) is 0 Å². The number of fused-ring (bicyclic) bond motifs is 1. The molecule has 106 valence electrons. The van der Waals surface area contributed by atoms with Gasteiger partial charge in [-0.15, -0.1) is 0 Å². The highest BCUT2D eigenvalue weighted by Gasteiger charge is 2.41. The molecule has 4 nitrogen and oxygen atoms in total. The van der Waals surface area contributed by atoms with Gasteiger partial charge in [-0.3, -0.25) is 0 Å². The normalized spacial score (nSPS) is 25.1. The number of allylic oxidation sites excluding steroid dienone is 1. The summed E-state index contributed by atoms with van der Waals surface area (Å²) in [5.74, 6) is 0.372. The summed E-state index contributed by atoms with van der Waals surface area (Å²) < 4.78 is 16.6. The van der Waals surface area contributed by atoms with Crippen molar-refractivity contribution in [2.24, 2.45) is 5.92 Å². The lowest BCUT2D eigenvalue weighted by molar-refractivity contribution is -0.151. The first-order valence-electron chi connectivity index (χ1n) is 6.96. The minimum absolute atomic E-state index is 0.0204. The third-order valence-electron chi connectivity index (χ3n) is 3.75. The molecule has 0 aromatic heterocycles. The highest BCUT2D eigenvalue weighted by molar-refractivity contribution is 5.90. The summed E-state index contributed by atoms with van der Waals surface area (Å²) in [6.45, 7) is 2.79. The molecule has 2 heterocycles. The van der Waals surface area contributed by atoms with Crippen LogP contribution < -0.4 is 0 Å². The van der Waals surface area contributed by atoms with Crippen LogP contribution in [0.1, 0.15) is 25.3 Å². The Morgan fingerprint density at radius 3 is 2.95 bits per heavy atom.